The van der Waals surface area contributed by atoms with E-state index in [2.05, 4.69) is 5.32 Å². The molecule has 19 heavy (non-hydrogen) atoms. The average molecular weight is 259 g/mol. The zero-order valence-electron chi connectivity index (χ0n) is 11.4. The Morgan fingerprint density at radius 1 is 1.37 bits per heavy atom. The van der Waals surface area contributed by atoms with Crippen molar-refractivity contribution in [3.8, 4) is 6.07 Å². The lowest BCUT2D eigenvalue weighted by molar-refractivity contribution is -0.128. The number of nitriles is 1. The minimum atomic E-state index is -0.0778. The Morgan fingerprint density at radius 3 is 2.58 bits per heavy atom. The second-order valence-electron chi connectivity index (χ2n) is 4.39. The largest absolute Gasteiger partial charge is 0.384 e. The fourth-order valence-electron chi connectivity index (χ4n) is 1.59. The zero-order valence-corrected chi connectivity index (χ0v) is 11.4. The van der Waals surface area contributed by atoms with Gasteiger partial charge in [0.25, 0.3) is 0 Å². The molecule has 0 bridgehead atoms. The number of benzene rings is 1. The molecule has 1 rings (SSSR count). The summed E-state index contributed by atoms with van der Waals surface area (Å²) in [6.07, 6.45) is 0.334. The Morgan fingerprint density at radius 2 is 2.05 bits per heavy atom. The molecule has 0 aliphatic heterocycles. The van der Waals surface area contributed by atoms with Crippen LogP contribution in [0.5, 0.6) is 0 Å². The van der Waals surface area contributed by atoms with Gasteiger partial charge >= 0.3 is 0 Å². The smallest absolute Gasteiger partial charge is 0.223 e. The van der Waals surface area contributed by atoms with Gasteiger partial charge in [-0.3, -0.25) is 9.59 Å². The van der Waals surface area contributed by atoms with E-state index in [1.54, 1.807) is 32.3 Å². The van der Waals surface area contributed by atoms with Crippen molar-refractivity contribution >= 4 is 17.4 Å². The fourth-order valence-corrected chi connectivity index (χ4v) is 1.59. The standard InChI is InChI=1S/C14H17N3O2/c1-10(18)12-5-4-11(9-15)8-13(12)16-7-6-14(19)17(2)3/h4-5,8,16H,6-7H2,1-3H3. The molecule has 0 atom stereocenters. The van der Waals surface area contributed by atoms with E-state index in [0.29, 0.717) is 29.8 Å². The molecule has 1 aromatic carbocycles. The lowest BCUT2D eigenvalue weighted by atomic mass is 10.1. The number of nitrogens with one attached hydrogen (secondary N) is 1. The first kappa shape index (κ1) is 14.7. The summed E-state index contributed by atoms with van der Waals surface area (Å²) in [5, 5.41) is 11.9. The topological polar surface area (TPSA) is 73.2 Å². The lowest BCUT2D eigenvalue weighted by Crippen LogP contribution is -2.24. The molecule has 1 aromatic rings. The molecular formula is C14H17N3O2. The number of nitrogens with zero attached hydrogens (tertiary/aromatic N) is 2. The van der Waals surface area contributed by atoms with E-state index in [1.165, 1.54) is 11.8 Å². The fraction of sp³-hybridized carbons (Fsp3) is 0.357. The van der Waals surface area contributed by atoms with Crippen LogP contribution in [0.15, 0.2) is 18.2 Å². The van der Waals surface area contributed by atoms with E-state index >= 15 is 0 Å². The SMILES string of the molecule is CC(=O)c1ccc(C#N)cc1NCCC(=O)N(C)C. The molecule has 0 heterocycles. The molecule has 0 aromatic heterocycles. The first-order chi connectivity index (χ1) is 8.95. The molecule has 5 nitrogen and oxygen atoms in total. The zero-order chi connectivity index (χ0) is 14.4. The van der Waals surface area contributed by atoms with Crippen molar-refractivity contribution in [2.45, 2.75) is 13.3 Å². The number of ketones is 1. The predicted octanol–water partition coefficient (Wildman–Crippen LogP) is 1.65. The van der Waals surface area contributed by atoms with Gasteiger partial charge < -0.3 is 10.2 Å². The van der Waals surface area contributed by atoms with E-state index in [4.69, 9.17) is 5.26 Å². The third-order valence-corrected chi connectivity index (χ3v) is 2.68. The van der Waals surface area contributed by atoms with Crippen LogP contribution < -0.4 is 5.32 Å². The van der Waals surface area contributed by atoms with Gasteiger partial charge in [0.15, 0.2) is 5.78 Å². The number of amides is 1. The Hall–Kier alpha value is -2.35. The second kappa shape index (κ2) is 6.55. The van der Waals surface area contributed by atoms with Gasteiger partial charge in [-0.05, 0) is 25.1 Å². The van der Waals surface area contributed by atoms with Crippen molar-refractivity contribution in [3.63, 3.8) is 0 Å². The molecule has 100 valence electrons. The summed E-state index contributed by atoms with van der Waals surface area (Å²) in [6.45, 7) is 1.89. The number of rotatable bonds is 5. The number of hydrogen-bond donors (Lipinski definition) is 1. The highest BCUT2D eigenvalue weighted by Gasteiger charge is 2.09. The van der Waals surface area contributed by atoms with Gasteiger partial charge in [-0.1, -0.05) is 0 Å². The van der Waals surface area contributed by atoms with Crippen molar-refractivity contribution in [3.05, 3.63) is 29.3 Å². The maximum absolute atomic E-state index is 11.5. The maximum Gasteiger partial charge on any atom is 0.223 e. The van der Waals surface area contributed by atoms with E-state index in [-0.39, 0.29) is 11.7 Å². The molecule has 5 heteroatoms. The summed E-state index contributed by atoms with van der Waals surface area (Å²) in [7, 11) is 3.39. The number of carbonyl (C=O) groups is 2. The average Bonchev–Trinajstić information content (AvgIpc) is 2.37. The lowest BCUT2D eigenvalue weighted by Gasteiger charge is -2.13. The third kappa shape index (κ3) is 4.11. The second-order valence-corrected chi connectivity index (χ2v) is 4.39. The van der Waals surface area contributed by atoms with Crippen LogP contribution in [0, 0.1) is 11.3 Å². The molecule has 1 N–H and O–H groups in total. The third-order valence-electron chi connectivity index (χ3n) is 2.68. The minimum absolute atomic E-state index is 0.00770. The van der Waals surface area contributed by atoms with Crippen LogP contribution in [0.3, 0.4) is 0 Å². The van der Waals surface area contributed by atoms with E-state index < -0.39 is 0 Å². The predicted molar refractivity (Wildman–Crippen MR) is 73.0 cm³/mol. The van der Waals surface area contributed by atoms with Gasteiger partial charge in [0.2, 0.25) is 5.91 Å². The van der Waals surface area contributed by atoms with Gasteiger partial charge in [-0.15, -0.1) is 0 Å². The molecule has 0 aliphatic carbocycles. The van der Waals surface area contributed by atoms with Crippen LogP contribution in [0.1, 0.15) is 29.3 Å². The quantitative estimate of drug-likeness (QED) is 0.816. The van der Waals surface area contributed by atoms with Crippen LogP contribution >= 0.6 is 0 Å². The molecule has 0 fully saturated rings. The molecule has 0 spiro atoms. The van der Waals surface area contributed by atoms with Crippen molar-refractivity contribution < 1.29 is 9.59 Å². The highest BCUT2D eigenvalue weighted by Crippen LogP contribution is 2.18. The van der Waals surface area contributed by atoms with Gasteiger partial charge in [-0.2, -0.15) is 5.26 Å². The minimum Gasteiger partial charge on any atom is -0.384 e. The van der Waals surface area contributed by atoms with Crippen LogP contribution in [0.2, 0.25) is 0 Å². The van der Waals surface area contributed by atoms with E-state index in [1.807, 2.05) is 6.07 Å². The molecule has 1 amide bonds. The normalized spacial score (nSPS) is 9.58. The summed E-state index contributed by atoms with van der Waals surface area (Å²) in [6, 6.07) is 6.87. The number of hydrogen-bond acceptors (Lipinski definition) is 4. The van der Waals surface area contributed by atoms with E-state index in [0.717, 1.165) is 0 Å². The van der Waals surface area contributed by atoms with E-state index in [9.17, 15) is 9.59 Å². The molecule has 0 saturated carbocycles. The highest BCUT2D eigenvalue weighted by molar-refractivity contribution is 5.99. The summed E-state index contributed by atoms with van der Waals surface area (Å²) in [5.41, 5.74) is 1.60. The molecule has 0 aliphatic rings. The van der Waals surface area contributed by atoms with Gasteiger partial charge in [0.05, 0.1) is 11.6 Å². The highest BCUT2D eigenvalue weighted by atomic mass is 16.2. The Labute approximate surface area is 112 Å². The van der Waals surface area contributed by atoms with Gasteiger partial charge in [0, 0.05) is 38.3 Å². The van der Waals surface area contributed by atoms with Crippen LogP contribution in [-0.2, 0) is 4.79 Å². The first-order valence-electron chi connectivity index (χ1n) is 5.95. The summed E-state index contributed by atoms with van der Waals surface area (Å²) in [5.74, 6) is -0.0701. The Balaban J connectivity index is 2.79. The Kier molecular flexibility index (Phi) is 5.07. The van der Waals surface area contributed by atoms with Crippen LogP contribution in [0.25, 0.3) is 0 Å². The molecule has 0 unspecified atom stereocenters. The monoisotopic (exact) mass is 259 g/mol. The van der Waals surface area contributed by atoms with Gasteiger partial charge in [0.1, 0.15) is 0 Å². The summed E-state index contributed by atoms with van der Waals surface area (Å²) >= 11 is 0. The van der Waals surface area contributed by atoms with Gasteiger partial charge in [-0.25, -0.2) is 0 Å². The summed E-state index contributed by atoms with van der Waals surface area (Å²) < 4.78 is 0. The summed E-state index contributed by atoms with van der Waals surface area (Å²) in [4.78, 5) is 24.4. The van der Waals surface area contributed by atoms with Crippen LogP contribution in [0.4, 0.5) is 5.69 Å². The number of anilines is 1. The van der Waals surface area contributed by atoms with Crippen molar-refractivity contribution in [2.24, 2.45) is 0 Å². The maximum atomic E-state index is 11.5. The Bertz CT molecular complexity index is 530. The number of carbonyl (C=O) groups excluding carboxylic acids is 2. The van der Waals surface area contributed by atoms with Crippen molar-refractivity contribution in [1.82, 2.24) is 4.90 Å². The van der Waals surface area contributed by atoms with Crippen LogP contribution in [-0.4, -0.2) is 37.2 Å². The molecular weight excluding hydrogens is 242 g/mol. The van der Waals surface area contributed by atoms with Crippen molar-refractivity contribution in [2.75, 3.05) is 26.0 Å². The van der Waals surface area contributed by atoms with Crippen molar-refractivity contribution in [1.29, 1.82) is 5.26 Å². The molecule has 0 saturated heterocycles. The first-order valence-corrected chi connectivity index (χ1v) is 5.95. The number of Topliss-reactive ketones (excluding diaryl/α,β-unsaturated/α-hetero) is 1. The molecule has 0 radical (unpaired) electrons.